The summed E-state index contributed by atoms with van der Waals surface area (Å²) in [6.45, 7) is 14.8. The minimum atomic E-state index is 0.0607. The van der Waals surface area contributed by atoms with E-state index >= 15 is 0 Å². The molecular formula is C14H19N. The van der Waals surface area contributed by atoms with Crippen molar-refractivity contribution in [3.8, 4) is 0 Å². The van der Waals surface area contributed by atoms with Crippen LogP contribution in [-0.4, -0.2) is 4.90 Å². The molecule has 1 aliphatic carbocycles. The first kappa shape index (κ1) is 10.3. The zero-order valence-corrected chi connectivity index (χ0v) is 9.93. The van der Waals surface area contributed by atoms with Gasteiger partial charge in [-0.25, -0.2) is 0 Å². The minimum Gasteiger partial charge on any atom is -0.322 e. The average molecular weight is 201 g/mol. The molecule has 2 aliphatic rings. The van der Waals surface area contributed by atoms with Gasteiger partial charge in [0.25, 0.3) is 0 Å². The van der Waals surface area contributed by atoms with Gasteiger partial charge in [0.15, 0.2) is 0 Å². The van der Waals surface area contributed by atoms with E-state index in [0.29, 0.717) is 0 Å². The molecule has 0 aromatic rings. The van der Waals surface area contributed by atoms with Crippen LogP contribution in [-0.2, 0) is 0 Å². The first-order valence-corrected chi connectivity index (χ1v) is 5.51. The minimum absolute atomic E-state index is 0.0607. The Morgan fingerprint density at radius 3 is 2.73 bits per heavy atom. The van der Waals surface area contributed by atoms with E-state index in [4.69, 9.17) is 0 Å². The quantitative estimate of drug-likeness (QED) is 0.620. The highest BCUT2D eigenvalue weighted by atomic mass is 15.2. The van der Waals surface area contributed by atoms with Gasteiger partial charge in [0.05, 0.1) is 0 Å². The lowest BCUT2D eigenvalue weighted by Gasteiger charge is -2.27. The van der Waals surface area contributed by atoms with Gasteiger partial charge in [0.1, 0.15) is 0 Å². The summed E-state index contributed by atoms with van der Waals surface area (Å²) in [7, 11) is 0. The maximum absolute atomic E-state index is 4.22. The van der Waals surface area contributed by atoms with Crippen molar-refractivity contribution in [3.05, 3.63) is 48.0 Å². The molecule has 0 unspecified atom stereocenters. The molecule has 0 spiro atoms. The third kappa shape index (κ3) is 1.30. The molecule has 0 aromatic carbocycles. The third-order valence-corrected chi connectivity index (χ3v) is 3.46. The van der Waals surface area contributed by atoms with E-state index in [9.17, 15) is 0 Å². The van der Waals surface area contributed by atoms with Crippen LogP contribution in [0.15, 0.2) is 48.0 Å². The second-order valence-electron chi connectivity index (χ2n) is 4.94. The van der Waals surface area contributed by atoms with Crippen molar-refractivity contribution in [3.63, 3.8) is 0 Å². The van der Waals surface area contributed by atoms with Crippen LogP contribution in [0.2, 0.25) is 0 Å². The standard InChI is InChI=1S/C14H19N/c1-10(2)15-11(3)14(4,5)12-8-6-7-9-13(12)15/h6,8H,1,3,7,9H2,2,4-5H3. The van der Waals surface area contributed by atoms with Gasteiger partial charge < -0.3 is 4.90 Å². The van der Waals surface area contributed by atoms with Gasteiger partial charge in [0.2, 0.25) is 0 Å². The lowest BCUT2D eigenvalue weighted by Crippen LogP contribution is -2.20. The second kappa shape index (κ2) is 3.13. The highest BCUT2D eigenvalue weighted by Gasteiger charge is 2.40. The van der Waals surface area contributed by atoms with Gasteiger partial charge in [-0.2, -0.15) is 0 Å². The lowest BCUT2D eigenvalue weighted by molar-refractivity contribution is 0.446. The van der Waals surface area contributed by atoms with Crippen LogP contribution in [0.3, 0.4) is 0 Å². The van der Waals surface area contributed by atoms with Crippen molar-refractivity contribution >= 4 is 0 Å². The summed E-state index contributed by atoms with van der Waals surface area (Å²) in [6, 6.07) is 0. The van der Waals surface area contributed by atoms with E-state index in [1.807, 2.05) is 0 Å². The largest absolute Gasteiger partial charge is 0.322 e. The van der Waals surface area contributed by atoms with Crippen LogP contribution in [0, 0.1) is 5.41 Å². The molecule has 1 heteroatoms. The van der Waals surface area contributed by atoms with Gasteiger partial charge in [-0.05, 0) is 25.3 Å². The maximum Gasteiger partial charge on any atom is 0.0314 e. The van der Waals surface area contributed by atoms with E-state index in [-0.39, 0.29) is 5.41 Å². The Bertz CT molecular complexity index is 394. The fraction of sp³-hybridized carbons (Fsp3) is 0.429. The summed E-state index contributed by atoms with van der Waals surface area (Å²) in [4.78, 5) is 2.23. The average Bonchev–Trinajstić information content (AvgIpc) is 2.36. The Morgan fingerprint density at radius 1 is 1.47 bits per heavy atom. The van der Waals surface area contributed by atoms with E-state index < -0.39 is 0 Å². The van der Waals surface area contributed by atoms with Gasteiger partial charge in [-0.15, -0.1) is 0 Å². The Kier molecular flexibility index (Phi) is 2.14. The highest BCUT2D eigenvalue weighted by Crippen LogP contribution is 2.50. The van der Waals surface area contributed by atoms with Crippen LogP contribution in [0.1, 0.15) is 33.6 Å². The van der Waals surface area contributed by atoms with Crippen molar-refractivity contribution in [2.24, 2.45) is 5.41 Å². The molecule has 0 aromatic heterocycles. The van der Waals surface area contributed by atoms with Crippen molar-refractivity contribution in [1.29, 1.82) is 0 Å². The molecule has 0 N–H and O–H groups in total. The normalized spacial score (nSPS) is 23.4. The lowest BCUT2D eigenvalue weighted by atomic mass is 9.81. The van der Waals surface area contributed by atoms with E-state index in [0.717, 1.165) is 24.2 Å². The summed E-state index contributed by atoms with van der Waals surface area (Å²) in [5, 5.41) is 0. The van der Waals surface area contributed by atoms with Crippen LogP contribution in [0.25, 0.3) is 0 Å². The Morgan fingerprint density at radius 2 is 2.13 bits per heavy atom. The van der Waals surface area contributed by atoms with Crippen molar-refractivity contribution < 1.29 is 0 Å². The molecule has 0 saturated heterocycles. The Hall–Kier alpha value is -1.24. The van der Waals surface area contributed by atoms with Crippen LogP contribution < -0.4 is 0 Å². The summed E-state index contributed by atoms with van der Waals surface area (Å²) in [6.07, 6.45) is 6.76. The van der Waals surface area contributed by atoms with Crippen LogP contribution in [0.4, 0.5) is 0 Å². The number of allylic oxidation sites excluding steroid dienone is 5. The molecule has 0 amide bonds. The Labute approximate surface area is 92.5 Å². The third-order valence-electron chi connectivity index (χ3n) is 3.46. The molecule has 0 atom stereocenters. The molecule has 0 radical (unpaired) electrons. The molecule has 80 valence electrons. The number of hydrogen-bond acceptors (Lipinski definition) is 1. The number of rotatable bonds is 1. The van der Waals surface area contributed by atoms with E-state index in [1.165, 1.54) is 11.3 Å². The monoisotopic (exact) mass is 201 g/mol. The molecule has 1 nitrogen and oxygen atoms in total. The fourth-order valence-corrected chi connectivity index (χ4v) is 2.51. The second-order valence-corrected chi connectivity index (χ2v) is 4.94. The van der Waals surface area contributed by atoms with E-state index in [1.54, 1.807) is 0 Å². The summed E-state index contributed by atoms with van der Waals surface area (Å²) in [5.41, 5.74) is 5.12. The van der Waals surface area contributed by atoms with Crippen LogP contribution in [0.5, 0.6) is 0 Å². The van der Waals surface area contributed by atoms with Crippen molar-refractivity contribution in [1.82, 2.24) is 4.90 Å². The predicted octanol–water partition coefficient (Wildman–Crippen LogP) is 3.98. The molecule has 0 saturated carbocycles. The number of nitrogens with zero attached hydrogens (tertiary/aromatic N) is 1. The zero-order chi connectivity index (χ0) is 11.2. The van der Waals surface area contributed by atoms with Gasteiger partial charge in [0, 0.05) is 22.5 Å². The van der Waals surface area contributed by atoms with Gasteiger partial charge in [-0.1, -0.05) is 39.2 Å². The molecule has 0 fully saturated rings. The SMILES string of the molecule is C=C(C)N1C(=C)C(C)(C)C2=C1CCC=C2. The number of hydrogen-bond donors (Lipinski definition) is 0. The molecule has 1 heterocycles. The van der Waals surface area contributed by atoms with Crippen LogP contribution >= 0.6 is 0 Å². The smallest absolute Gasteiger partial charge is 0.0314 e. The maximum atomic E-state index is 4.22. The summed E-state index contributed by atoms with van der Waals surface area (Å²) >= 11 is 0. The summed E-state index contributed by atoms with van der Waals surface area (Å²) < 4.78 is 0. The zero-order valence-electron chi connectivity index (χ0n) is 9.93. The first-order valence-electron chi connectivity index (χ1n) is 5.51. The first-order chi connectivity index (χ1) is 6.96. The predicted molar refractivity (Wildman–Crippen MR) is 65.0 cm³/mol. The molecule has 2 rings (SSSR count). The van der Waals surface area contributed by atoms with Crippen molar-refractivity contribution in [2.45, 2.75) is 33.6 Å². The summed E-state index contributed by atoms with van der Waals surface area (Å²) in [5.74, 6) is 0. The highest BCUT2D eigenvalue weighted by molar-refractivity contribution is 5.48. The molecule has 15 heavy (non-hydrogen) atoms. The van der Waals surface area contributed by atoms with Gasteiger partial charge in [-0.3, -0.25) is 0 Å². The fourth-order valence-electron chi connectivity index (χ4n) is 2.51. The topological polar surface area (TPSA) is 3.24 Å². The van der Waals surface area contributed by atoms with Gasteiger partial charge >= 0.3 is 0 Å². The molecular weight excluding hydrogens is 182 g/mol. The molecule has 1 aliphatic heterocycles. The van der Waals surface area contributed by atoms with Crippen molar-refractivity contribution in [2.75, 3.05) is 0 Å². The van der Waals surface area contributed by atoms with E-state index in [2.05, 4.69) is 51.0 Å². The molecule has 0 bridgehead atoms. The Balaban J connectivity index is 2.55.